The van der Waals surface area contributed by atoms with Crippen molar-refractivity contribution in [2.24, 2.45) is 0 Å². The summed E-state index contributed by atoms with van der Waals surface area (Å²) in [6, 6.07) is 18.4. The third-order valence-corrected chi connectivity index (χ3v) is 2.70. The summed E-state index contributed by atoms with van der Waals surface area (Å²) < 4.78 is 5.60. The molecule has 0 radical (unpaired) electrons. The minimum absolute atomic E-state index is 0.675. The van der Waals surface area contributed by atoms with Crippen LogP contribution in [0.15, 0.2) is 54.6 Å². The topological polar surface area (TPSA) is 9.23 Å². The predicted octanol–water partition coefficient (Wildman–Crippen LogP) is 4.15. The van der Waals surface area contributed by atoms with Crippen LogP contribution in [0.3, 0.4) is 0 Å². The van der Waals surface area contributed by atoms with Crippen LogP contribution < -0.4 is 4.74 Å². The Morgan fingerprint density at radius 1 is 0.889 bits per heavy atom. The predicted molar refractivity (Wildman–Crippen MR) is 75.4 cm³/mol. The number of terminal acetylenes is 1. The van der Waals surface area contributed by atoms with E-state index in [1.54, 1.807) is 0 Å². The Morgan fingerprint density at radius 3 is 2.22 bits per heavy atom. The van der Waals surface area contributed by atoms with Gasteiger partial charge in [0.2, 0.25) is 0 Å². The molecule has 2 aromatic rings. The SMILES string of the molecule is C#CCCCOc1ccc(-c2ccccc2)cc1. The zero-order valence-corrected chi connectivity index (χ0v) is 10.3. The first-order chi connectivity index (χ1) is 8.90. The average molecular weight is 236 g/mol. The van der Waals surface area contributed by atoms with E-state index >= 15 is 0 Å². The average Bonchev–Trinajstić information content (AvgIpc) is 2.45. The van der Waals surface area contributed by atoms with Gasteiger partial charge in [-0.2, -0.15) is 0 Å². The first kappa shape index (κ1) is 12.3. The van der Waals surface area contributed by atoms with Crippen LogP contribution in [0.5, 0.6) is 5.75 Å². The molecule has 18 heavy (non-hydrogen) atoms. The molecule has 2 rings (SSSR count). The molecular weight excluding hydrogens is 220 g/mol. The summed E-state index contributed by atoms with van der Waals surface area (Å²) in [4.78, 5) is 0. The molecule has 0 saturated carbocycles. The number of ether oxygens (including phenoxy) is 1. The van der Waals surface area contributed by atoms with E-state index in [0.717, 1.165) is 18.6 Å². The molecule has 0 saturated heterocycles. The third-order valence-electron chi connectivity index (χ3n) is 2.70. The van der Waals surface area contributed by atoms with Gasteiger partial charge < -0.3 is 4.74 Å². The summed E-state index contributed by atoms with van der Waals surface area (Å²) in [5.74, 6) is 3.50. The number of benzene rings is 2. The van der Waals surface area contributed by atoms with Crippen LogP contribution >= 0.6 is 0 Å². The van der Waals surface area contributed by atoms with Crippen LogP contribution in [0, 0.1) is 12.3 Å². The Morgan fingerprint density at radius 2 is 1.56 bits per heavy atom. The highest BCUT2D eigenvalue weighted by Gasteiger charge is 1.97. The Kier molecular flexibility index (Phi) is 4.44. The molecule has 0 aromatic heterocycles. The first-order valence-electron chi connectivity index (χ1n) is 6.12. The Hall–Kier alpha value is -2.20. The molecule has 90 valence electrons. The zero-order valence-electron chi connectivity index (χ0n) is 10.3. The van der Waals surface area contributed by atoms with Crippen molar-refractivity contribution in [2.75, 3.05) is 6.61 Å². The first-order valence-corrected chi connectivity index (χ1v) is 6.12. The van der Waals surface area contributed by atoms with Gasteiger partial charge in [-0.25, -0.2) is 0 Å². The molecular formula is C17H16O. The fraction of sp³-hybridized carbons (Fsp3) is 0.176. The molecule has 0 bridgehead atoms. The van der Waals surface area contributed by atoms with E-state index in [4.69, 9.17) is 11.2 Å². The zero-order chi connectivity index (χ0) is 12.6. The van der Waals surface area contributed by atoms with Crippen LogP contribution in [-0.4, -0.2) is 6.61 Å². The molecule has 0 N–H and O–H groups in total. The summed E-state index contributed by atoms with van der Waals surface area (Å²) in [7, 11) is 0. The largest absolute Gasteiger partial charge is 0.494 e. The molecule has 1 nitrogen and oxygen atoms in total. The van der Waals surface area contributed by atoms with Gasteiger partial charge in [0.1, 0.15) is 5.75 Å². The second-order valence-corrected chi connectivity index (χ2v) is 4.05. The van der Waals surface area contributed by atoms with E-state index in [0.29, 0.717) is 6.61 Å². The number of rotatable bonds is 5. The summed E-state index contributed by atoms with van der Waals surface area (Å²) in [5.41, 5.74) is 2.42. The maximum absolute atomic E-state index is 5.60. The normalized spacial score (nSPS) is 9.72. The molecule has 0 aliphatic rings. The van der Waals surface area contributed by atoms with Gasteiger partial charge >= 0.3 is 0 Å². The monoisotopic (exact) mass is 236 g/mol. The van der Waals surface area contributed by atoms with Crippen molar-refractivity contribution in [1.29, 1.82) is 0 Å². The molecule has 2 aromatic carbocycles. The summed E-state index contributed by atoms with van der Waals surface area (Å²) >= 11 is 0. The Labute approximate surface area is 108 Å². The third kappa shape index (κ3) is 3.40. The molecule has 0 amide bonds. The molecule has 0 aliphatic carbocycles. The molecule has 0 heterocycles. The van der Waals surface area contributed by atoms with E-state index < -0.39 is 0 Å². The molecule has 0 aliphatic heterocycles. The lowest BCUT2D eigenvalue weighted by molar-refractivity contribution is 0.313. The van der Waals surface area contributed by atoms with E-state index in [-0.39, 0.29) is 0 Å². The van der Waals surface area contributed by atoms with Crippen LogP contribution in [0.2, 0.25) is 0 Å². The number of unbranched alkanes of at least 4 members (excludes halogenated alkanes) is 1. The second-order valence-electron chi connectivity index (χ2n) is 4.05. The molecule has 0 atom stereocenters. The van der Waals surface area contributed by atoms with Crippen LogP contribution in [0.4, 0.5) is 0 Å². The lowest BCUT2D eigenvalue weighted by atomic mass is 10.1. The standard InChI is InChI=1S/C17H16O/c1-2-3-7-14-18-17-12-10-16(11-13-17)15-8-5-4-6-9-15/h1,4-6,8-13H,3,7,14H2. The quantitative estimate of drug-likeness (QED) is 0.560. The van der Waals surface area contributed by atoms with Crippen molar-refractivity contribution in [1.82, 2.24) is 0 Å². The summed E-state index contributed by atoms with van der Waals surface area (Å²) in [6.45, 7) is 0.675. The van der Waals surface area contributed by atoms with Crippen molar-refractivity contribution in [2.45, 2.75) is 12.8 Å². The molecule has 0 fully saturated rings. The Balaban J connectivity index is 1.96. The lowest BCUT2D eigenvalue weighted by Crippen LogP contribution is -1.96. The van der Waals surface area contributed by atoms with Crippen molar-refractivity contribution in [3.05, 3.63) is 54.6 Å². The van der Waals surface area contributed by atoms with Crippen molar-refractivity contribution in [3.8, 4) is 29.2 Å². The minimum Gasteiger partial charge on any atom is -0.494 e. The van der Waals surface area contributed by atoms with Crippen molar-refractivity contribution >= 4 is 0 Å². The summed E-state index contributed by atoms with van der Waals surface area (Å²) in [6.07, 6.45) is 6.85. The van der Waals surface area contributed by atoms with Gasteiger partial charge in [0, 0.05) is 6.42 Å². The maximum atomic E-state index is 5.60. The van der Waals surface area contributed by atoms with Gasteiger partial charge in [-0.1, -0.05) is 42.5 Å². The van der Waals surface area contributed by atoms with Crippen molar-refractivity contribution < 1.29 is 4.74 Å². The van der Waals surface area contributed by atoms with Gasteiger partial charge in [-0.05, 0) is 29.7 Å². The number of hydrogen-bond acceptors (Lipinski definition) is 1. The van der Waals surface area contributed by atoms with Crippen LogP contribution in [-0.2, 0) is 0 Å². The molecule has 0 unspecified atom stereocenters. The fourth-order valence-corrected chi connectivity index (χ4v) is 1.74. The minimum atomic E-state index is 0.675. The van der Waals surface area contributed by atoms with E-state index in [1.807, 2.05) is 30.3 Å². The highest BCUT2D eigenvalue weighted by molar-refractivity contribution is 5.63. The lowest BCUT2D eigenvalue weighted by Gasteiger charge is -2.06. The van der Waals surface area contributed by atoms with Gasteiger partial charge in [0.05, 0.1) is 6.61 Å². The number of hydrogen-bond donors (Lipinski definition) is 0. The fourth-order valence-electron chi connectivity index (χ4n) is 1.74. The van der Waals surface area contributed by atoms with Gasteiger partial charge in [-0.3, -0.25) is 0 Å². The van der Waals surface area contributed by atoms with E-state index in [1.165, 1.54) is 11.1 Å². The van der Waals surface area contributed by atoms with Gasteiger partial charge in [-0.15, -0.1) is 12.3 Å². The highest BCUT2D eigenvalue weighted by Crippen LogP contribution is 2.22. The van der Waals surface area contributed by atoms with Crippen molar-refractivity contribution in [3.63, 3.8) is 0 Å². The van der Waals surface area contributed by atoms with Crippen LogP contribution in [0.25, 0.3) is 11.1 Å². The van der Waals surface area contributed by atoms with E-state index in [2.05, 4.69) is 30.2 Å². The highest BCUT2D eigenvalue weighted by atomic mass is 16.5. The van der Waals surface area contributed by atoms with Gasteiger partial charge in [0.15, 0.2) is 0 Å². The molecule has 0 spiro atoms. The smallest absolute Gasteiger partial charge is 0.119 e. The maximum Gasteiger partial charge on any atom is 0.119 e. The van der Waals surface area contributed by atoms with E-state index in [9.17, 15) is 0 Å². The second kappa shape index (κ2) is 6.51. The Bertz CT molecular complexity index is 506. The molecule has 1 heteroatoms. The van der Waals surface area contributed by atoms with Crippen LogP contribution in [0.1, 0.15) is 12.8 Å². The van der Waals surface area contributed by atoms with Gasteiger partial charge in [0.25, 0.3) is 0 Å². The summed E-state index contributed by atoms with van der Waals surface area (Å²) in [5, 5.41) is 0.